The van der Waals surface area contributed by atoms with Crippen LogP contribution in [0.2, 0.25) is 0 Å². The van der Waals surface area contributed by atoms with Crippen LogP contribution >= 0.6 is 0 Å². The summed E-state index contributed by atoms with van der Waals surface area (Å²) in [4.78, 5) is 10.8. The molecule has 0 aliphatic carbocycles. The van der Waals surface area contributed by atoms with Gasteiger partial charge in [0, 0.05) is 32.4 Å². The average molecular weight is 259 g/mol. The number of hydrogen-bond acceptors (Lipinski definition) is 6. The number of piperidine rings is 1. The van der Waals surface area contributed by atoms with Gasteiger partial charge in [0.1, 0.15) is 18.0 Å². The Hall–Kier alpha value is -2.18. The summed E-state index contributed by atoms with van der Waals surface area (Å²) in [6.45, 7) is 1.93. The van der Waals surface area contributed by atoms with Crippen LogP contribution in [-0.4, -0.2) is 45.1 Å². The van der Waals surface area contributed by atoms with Crippen molar-refractivity contribution in [3.8, 4) is 0 Å². The number of hydrogen-bond donors (Lipinski definition) is 1. The van der Waals surface area contributed by atoms with Gasteiger partial charge in [-0.2, -0.15) is 0 Å². The van der Waals surface area contributed by atoms with E-state index in [0.29, 0.717) is 6.04 Å². The number of rotatable bonds is 3. The molecule has 1 aliphatic rings. The Morgan fingerprint density at radius 1 is 1.37 bits per heavy atom. The van der Waals surface area contributed by atoms with Crippen molar-refractivity contribution in [2.45, 2.75) is 18.9 Å². The summed E-state index contributed by atoms with van der Waals surface area (Å²) < 4.78 is 1.94. The molecule has 7 heteroatoms. The first-order valence-corrected chi connectivity index (χ1v) is 6.47. The molecule has 2 aromatic heterocycles. The molecule has 0 amide bonds. The Bertz CT molecular complexity index is 525. The second kappa shape index (κ2) is 5.21. The van der Waals surface area contributed by atoms with Crippen molar-refractivity contribution in [1.29, 1.82) is 0 Å². The van der Waals surface area contributed by atoms with Crippen LogP contribution in [0.15, 0.2) is 24.8 Å². The predicted octanol–water partition coefficient (Wildman–Crippen LogP) is 0.951. The van der Waals surface area contributed by atoms with Gasteiger partial charge in [-0.15, -0.1) is 5.10 Å². The molecule has 3 heterocycles. The van der Waals surface area contributed by atoms with Crippen LogP contribution < -0.4 is 10.2 Å². The van der Waals surface area contributed by atoms with E-state index in [0.717, 1.165) is 37.6 Å². The fourth-order valence-electron chi connectivity index (χ4n) is 2.45. The van der Waals surface area contributed by atoms with Crippen LogP contribution in [0.4, 0.5) is 11.6 Å². The van der Waals surface area contributed by atoms with Gasteiger partial charge in [-0.1, -0.05) is 5.21 Å². The van der Waals surface area contributed by atoms with Crippen LogP contribution in [0.1, 0.15) is 18.9 Å². The summed E-state index contributed by atoms with van der Waals surface area (Å²) in [6.07, 6.45) is 7.50. The van der Waals surface area contributed by atoms with Crippen LogP contribution in [-0.2, 0) is 0 Å². The van der Waals surface area contributed by atoms with Gasteiger partial charge in [0.25, 0.3) is 0 Å². The number of nitrogens with zero attached hydrogens (tertiary/aromatic N) is 6. The maximum Gasteiger partial charge on any atom is 0.134 e. The van der Waals surface area contributed by atoms with Crippen LogP contribution in [0.3, 0.4) is 0 Å². The molecule has 19 heavy (non-hydrogen) atoms. The summed E-state index contributed by atoms with van der Waals surface area (Å²) in [7, 11) is 1.86. The number of anilines is 2. The van der Waals surface area contributed by atoms with Crippen molar-refractivity contribution in [2.75, 3.05) is 30.4 Å². The standard InChI is InChI=1S/C12H17N7/c1-13-11-7-12(15-9-14-11)18-5-2-3-10(8-18)19-6-4-16-17-19/h4,6-7,9-10H,2-3,5,8H2,1H3,(H,13,14,15). The van der Waals surface area contributed by atoms with Gasteiger partial charge in [-0.05, 0) is 12.8 Å². The maximum atomic E-state index is 4.36. The average Bonchev–Trinajstić information content (AvgIpc) is 3.02. The lowest BCUT2D eigenvalue weighted by Crippen LogP contribution is -2.37. The zero-order valence-electron chi connectivity index (χ0n) is 10.9. The summed E-state index contributed by atoms with van der Waals surface area (Å²) in [5.41, 5.74) is 0. The van der Waals surface area contributed by atoms with Gasteiger partial charge in [-0.25, -0.2) is 14.6 Å². The normalized spacial score (nSPS) is 19.4. The van der Waals surface area contributed by atoms with E-state index in [4.69, 9.17) is 0 Å². The van der Waals surface area contributed by atoms with E-state index in [-0.39, 0.29) is 0 Å². The third-order valence-electron chi connectivity index (χ3n) is 3.44. The minimum Gasteiger partial charge on any atom is -0.373 e. The second-order valence-corrected chi connectivity index (χ2v) is 4.64. The molecule has 100 valence electrons. The first kappa shape index (κ1) is 11.9. The highest BCUT2D eigenvalue weighted by Crippen LogP contribution is 2.24. The highest BCUT2D eigenvalue weighted by molar-refractivity contribution is 5.48. The summed E-state index contributed by atoms with van der Waals surface area (Å²) in [5.74, 6) is 1.80. The van der Waals surface area contributed by atoms with Crippen LogP contribution in [0.25, 0.3) is 0 Å². The Morgan fingerprint density at radius 2 is 2.32 bits per heavy atom. The largest absolute Gasteiger partial charge is 0.373 e. The van der Waals surface area contributed by atoms with Crippen molar-refractivity contribution >= 4 is 11.6 Å². The molecule has 1 unspecified atom stereocenters. The Morgan fingerprint density at radius 3 is 3.11 bits per heavy atom. The minimum atomic E-state index is 0.365. The molecule has 3 rings (SSSR count). The molecule has 1 saturated heterocycles. The quantitative estimate of drug-likeness (QED) is 0.885. The minimum absolute atomic E-state index is 0.365. The molecule has 0 bridgehead atoms. The Balaban J connectivity index is 1.77. The third kappa shape index (κ3) is 2.49. The Labute approximate surface area is 111 Å². The molecule has 1 atom stereocenters. The van der Waals surface area contributed by atoms with Gasteiger partial charge in [0.05, 0.1) is 12.2 Å². The third-order valence-corrected chi connectivity index (χ3v) is 3.44. The van der Waals surface area contributed by atoms with Crippen LogP contribution in [0, 0.1) is 0 Å². The molecule has 7 nitrogen and oxygen atoms in total. The van der Waals surface area contributed by atoms with E-state index in [1.165, 1.54) is 0 Å². The molecule has 0 spiro atoms. The summed E-state index contributed by atoms with van der Waals surface area (Å²) in [6, 6.07) is 2.34. The van der Waals surface area contributed by atoms with Crippen molar-refractivity contribution in [3.63, 3.8) is 0 Å². The molecule has 1 fully saturated rings. The first-order chi connectivity index (χ1) is 9.36. The fraction of sp³-hybridized carbons (Fsp3) is 0.500. The molecule has 1 aliphatic heterocycles. The summed E-state index contributed by atoms with van der Waals surface area (Å²) >= 11 is 0. The van der Waals surface area contributed by atoms with Gasteiger partial charge in [-0.3, -0.25) is 0 Å². The lowest BCUT2D eigenvalue weighted by atomic mass is 10.1. The topological polar surface area (TPSA) is 71.8 Å². The monoisotopic (exact) mass is 259 g/mol. The van der Waals surface area contributed by atoms with Gasteiger partial charge in [0.15, 0.2) is 0 Å². The van der Waals surface area contributed by atoms with Crippen LogP contribution in [0.5, 0.6) is 0 Å². The summed E-state index contributed by atoms with van der Waals surface area (Å²) in [5, 5.41) is 11.0. The highest BCUT2D eigenvalue weighted by Gasteiger charge is 2.22. The number of aromatic nitrogens is 5. The van der Waals surface area contributed by atoms with E-state index in [1.807, 2.05) is 24.0 Å². The van der Waals surface area contributed by atoms with E-state index < -0.39 is 0 Å². The zero-order chi connectivity index (χ0) is 13.1. The second-order valence-electron chi connectivity index (χ2n) is 4.64. The highest BCUT2D eigenvalue weighted by atomic mass is 15.4. The molecular formula is C12H17N7. The predicted molar refractivity (Wildman–Crippen MR) is 72.1 cm³/mol. The first-order valence-electron chi connectivity index (χ1n) is 6.47. The van der Waals surface area contributed by atoms with Gasteiger partial charge in [0.2, 0.25) is 0 Å². The van der Waals surface area contributed by atoms with Gasteiger partial charge < -0.3 is 10.2 Å². The fourth-order valence-corrected chi connectivity index (χ4v) is 2.45. The lowest BCUT2D eigenvalue weighted by Gasteiger charge is -2.33. The van der Waals surface area contributed by atoms with Crippen molar-refractivity contribution in [2.24, 2.45) is 0 Å². The van der Waals surface area contributed by atoms with E-state index >= 15 is 0 Å². The van der Waals surface area contributed by atoms with E-state index in [1.54, 1.807) is 12.5 Å². The number of nitrogens with one attached hydrogen (secondary N) is 1. The molecular weight excluding hydrogens is 242 g/mol. The maximum absolute atomic E-state index is 4.36. The SMILES string of the molecule is CNc1cc(N2CCCC(n3ccnn3)C2)ncn1. The molecule has 1 N–H and O–H groups in total. The smallest absolute Gasteiger partial charge is 0.134 e. The van der Waals surface area contributed by atoms with Crippen molar-refractivity contribution in [3.05, 3.63) is 24.8 Å². The van der Waals surface area contributed by atoms with E-state index in [9.17, 15) is 0 Å². The van der Waals surface area contributed by atoms with E-state index in [2.05, 4.69) is 30.5 Å². The lowest BCUT2D eigenvalue weighted by molar-refractivity contribution is 0.368. The Kier molecular flexibility index (Phi) is 3.26. The molecule has 0 radical (unpaired) electrons. The molecule has 2 aromatic rings. The molecule has 0 saturated carbocycles. The van der Waals surface area contributed by atoms with Crippen molar-refractivity contribution < 1.29 is 0 Å². The van der Waals surface area contributed by atoms with Crippen molar-refractivity contribution in [1.82, 2.24) is 25.0 Å². The zero-order valence-corrected chi connectivity index (χ0v) is 10.9. The van der Waals surface area contributed by atoms with Gasteiger partial charge >= 0.3 is 0 Å². The molecule has 0 aromatic carbocycles.